The molecule has 1 aliphatic heterocycles. The first-order valence-corrected chi connectivity index (χ1v) is 8.69. The number of hydrogen-bond acceptors (Lipinski definition) is 6. The van der Waals surface area contributed by atoms with Crippen LogP contribution >= 0.6 is 0 Å². The average Bonchev–Trinajstić information content (AvgIpc) is 2.65. The smallest absolute Gasteiger partial charge is 0.279 e. The number of fused-ring (bicyclic) bond motifs is 1. The summed E-state index contributed by atoms with van der Waals surface area (Å²) in [6.45, 7) is -0.0562. The van der Waals surface area contributed by atoms with E-state index >= 15 is 0 Å². The molecule has 25 heavy (non-hydrogen) atoms. The molecule has 1 atom stereocenters. The minimum absolute atomic E-state index is 0.0320. The Balaban J connectivity index is 1.68. The van der Waals surface area contributed by atoms with Crippen LogP contribution in [-0.2, 0) is 14.8 Å². The topological polar surface area (TPSA) is 118 Å². The number of hydrazine groups is 1. The van der Waals surface area contributed by atoms with Gasteiger partial charge in [-0.2, -0.15) is 5.26 Å². The lowest BCUT2D eigenvalue weighted by atomic mass is 10.2. The number of nitriles is 1. The molecule has 8 nitrogen and oxygen atoms in total. The molecule has 2 aromatic rings. The maximum Gasteiger partial charge on any atom is 0.279 e. The lowest BCUT2D eigenvalue weighted by Gasteiger charge is -2.25. The van der Waals surface area contributed by atoms with Crippen molar-refractivity contribution in [2.45, 2.75) is 11.0 Å². The van der Waals surface area contributed by atoms with E-state index in [1.807, 2.05) is 4.83 Å². The van der Waals surface area contributed by atoms with Crippen LogP contribution in [0.2, 0.25) is 0 Å². The molecule has 0 saturated carbocycles. The van der Waals surface area contributed by atoms with Gasteiger partial charge in [0.1, 0.15) is 17.6 Å². The molecule has 128 valence electrons. The number of nitrogens with zero attached hydrogens (tertiary/aromatic N) is 1. The highest BCUT2D eigenvalue weighted by atomic mass is 32.2. The van der Waals surface area contributed by atoms with E-state index in [9.17, 15) is 13.2 Å². The van der Waals surface area contributed by atoms with Crippen LogP contribution < -0.4 is 19.7 Å². The number of benzene rings is 2. The first-order chi connectivity index (χ1) is 12.0. The highest BCUT2D eigenvalue weighted by Crippen LogP contribution is 2.30. The first-order valence-electron chi connectivity index (χ1n) is 7.20. The maximum atomic E-state index is 12.2. The fourth-order valence-electron chi connectivity index (χ4n) is 2.20. The molecule has 2 aromatic carbocycles. The molecular weight excluding hydrogens is 346 g/mol. The molecular formula is C16H13N3O5S. The molecule has 0 radical (unpaired) electrons. The van der Waals surface area contributed by atoms with Gasteiger partial charge in [-0.25, -0.2) is 8.42 Å². The van der Waals surface area contributed by atoms with Gasteiger partial charge in [0.15, 0.2) is 11.5 Å². The Morgan fingerprint density at radius 3 is 2.56 bits per heavy atom. The molecule has 0 spiro atoms. The number of nitrogens with one attached hydrogen (secondary N) is 2. The second-order valence-electron chi connectivity index (χ2n) is 5.07. The van der Waals surface area contributed by atoms with Crippen LogP contribution in [0.1, 0.15) is 5.56 Å². The summed E-state index contributed by atoms with van der Waals surface area (Å²) in [6.07, 6.45) is -1.01. The Morgan fingerprint density at radius 1 is 1.12 bits per heavy atom. The Kier molecular flexibility index (Phi) is 4.56. The SMILES string of the molecule is N#Cc1ccccc1S(=O)(=O)NNC(=O)C1COc2ccccc2O1. The van der Waals surface area contributed by atoms with Crippen molar-refractivity contribution in [3.63, 3.8) is 0 Å². The Morgan fingerprint density at radius 2 is 1.80 bits per heavy atom. The Bertz CT molecular complexity index is 952. The minimum Gasteiger partial charge on any atom is -0.485 e. The van der Waals surface area contributed by atoms with Crippen LogP contribution in [0.3, 0.4) is 0 Å². The zero-order valence-corrected chi connectivity index (χ0v) is 13.6. The van der Waals surface area contributed by atoms with Crippen molar-refractivity contribution in [2.75, 3.05) is 6.61 Å². The van der Waals surface area contributed by atoms with E-state index in [-0.39, 0.29) is 17.1 Å². The van der Waals surface area contributed by atoms with Crippen molar-refractivity contribution in [1.29, 1.82) is 5.26 Å². The second kappa shape index (κ2) is 6.80. The molecule has 0 saturated heterocycles. The van der Waals surface area contributed by atoms with E-state index in [2.05, 4.69) is 5.43 Å². The van der Waals surface area contributed by atoms with E-state index < -0.39 is 22.0 Å². The molecule has 1 unspecified atom stereocenters. The maximum absolute atomic E-state index is 12.2. The lowest BCUT2D eigenvalue weighted by molar-refractivity contribution is -0.130. The average molecular weight is 359 g/mol. The molecule has 3 rings (SSSR count). The summed E-state index contributed by atoms with van der Waals surface area (Å²) in [6, 6.07) is 14.3. The molecule has 0 fully saturated rings. The normalized spacial score (nSPS) is 15.9. The first kappa shape index (κ1) is 16.8. The largest absolute Gasteiger partial charge is 0.485 e. The number of carbonyl (C=O) groups is 1. The van der Waals surface area contributed by atoms with Crippen molar-refractivity contribution in [1.82, 2.24) is 10.3 Å². The minimum atomic E-state index is -4.10. The lowest BCUT2D eigenvalue weighted by Crippen LogP contribution is -2.50. The predicted molar refractivity (Wildman–Crippen MR) is 86.0 cm³/mol. The summed E-state index contributed by atoms with van der Waals surface area (Å²) in [7, 11) is -4.10. The predicted octanol–water partition coefficient (Wildman–Crippen LogP) is 0.708. The van der Waals surface area contributed by atoms with Crippen molar-refractivity contribution in [2.24, 2.45) is 0 Å². The Hall–Kier alpha value is -3.09. The fraction of sp³-hybridized carbons (Fsp3) is 0.125. The number of ether oxygens (including phenoxy) is 2. The molecule has 1 amide bonds. The summed E-state index contributed by atoms with van der Waals surface area (Å²) < 4.78 is 35.4. The van der Waals surface area contributed by atoms with Gasteiger partial charge in [0.2, 0.25) is 6.10 Å². The summed E-state index contributed by atoms with van der Waals surface area (Å²) in [5, 5.41) is 8.99. The number of sulfonamides is 1. The number of para-hydroxylation sites is 2. The molecule has 0 aromatic heterocycles. The molecule has 1 aliphatic rings. The van der Waals surface area contributed by atoms with Gasteiger partial charge in [-0.3, -0.25) is 10.2 Å². The Labute approximate surface area is 144 Å². The van der Waals surface area contributed by atoms with Gasteiger partial charge < -0.3 is 9.47 Å². The monoisotopic (exact) mass is 359 g/mol. The number of carbonyl (C=O) groups excluding carboxylic acids is 1. The molecule has 0 aliphatic carbocycles. The standard InChI is InChI=1S/C16H13N3O5S/c17-9-11-5-1-4-8-15(11)25(21,22)19-18-16(20)14-10-23-12-6-2-3-7-13(12)24-14/h1-8,14,19H,10H2,(H,18,20). The highest BCUT2D eigenvalue weighted by Gasteiger charge is 2.28. The second-order valence-corrected chi connectivity index (χ2v) is 6.72. The van der Waals surface area contributed by atoms with Gasteiger partial charge in [0.05, 0.1) is 5.56 Å². The number of hydrogen-bond donors (Lipinski definition) is 2. The van der Waals surface area contributed by atoms with Crippen LogP contribution in [0.4, 0.5) is 0 Å². The van der Waals surface area contributed by atoms with E-state index in [1.54, 1.807) is 36.4 Å². The van der Waals surface area contributed by atoms with Crippen LogP contribution in [0, 0.1) is 11.3 Å². The van der Waals surface area contributed by atoms with Gasteiger partial charge in [0, 0.05) is 0 Å². The highest BCUT2D eigenvalue weighted by molar-refractivity contribution is 7.89. The summed E-state index contributed by atoms with van der Waals surface area (Å²) in [5.74, 6) is 0.189. The van der Waals surface area contributed by atoms with E-state index in [0.717, 1.165) is 0 Å². The van der Waals surface area contributed by atoms with Crippen LogP contribution in [0.5, 0.6) is 11.5 Å². The van der Waals surface area contributed by atoms with Crippen molar-refractivity contribution in [3.05, 3.63) is 54.1 Å². The molecule has 9 heteroatoms. The van der Waals surface area contributed by atoms with Gasteiger partial charge in [-0.1, -0.05) is 24.3 Å². The summed E-state index contributed by atoms with van der Waals surface area (Å²) in [4.78, 5) is 13.9. The quantitative estimate of drug-likeness (QED) is 0.776. The van der Waals surface area contributed by atoms with Gasteiger partial charge in [-0.05, 0) is 24.3 Å². The van der Waals surface area contributed by atoms with E-state index in [4.69, 9.17) is 14.7 Å². The third-order valence-corrected chi connectivity index (χ3v) is 4.71. The molecule has 1 heterocycles. The number of amides is 1. The van der Waals surface area contributed by atoms with Crippen LogP contribution in [0.25, 0.3) is 0 Å². The van der Waals surface area contributed by atoms with E-state index in [0.29, 0.717) is 11.5 Å². The zero-order chi connectivity index (χ0) is 17.9. The van der Waals surface area contributed by atoms with Gasteiger partial charge in [0.25, 0.3) is 15.9 Å². The zero-order valence-electron chi connectivity index (χ0n) is 12.8. The van der Waals surface area contributed by atoms with Crippen LogP contribution in [0.15, 0.2) is 53.4 Å². The van der Waals surface area contributed by atoms with Crippen molar-refractivity contribution in [3.8, 4) is 17.6 Å². The van der Waals surface area contributed by atoms with Crippen molar-refractivity contribution >= 4 is 15.9 Å². The number of rotatable bonds is 4. The van der Waals surface area contributed by atoms with Gasteiger partial charge >= 0.3 is 0 Å². The third-order valence-electron chi connectivity index (χ3n) is 3.41. The molecule has 2 N–H and O–H groups in total. The fourth-order valence-corrected chi connectivity index (χ4v) is 3.20. The summed E-state index contributed by atoms with van der Waals surface area (Å²) >= 11 is 0. The van der Waals surface area contributed by atoms with Crippen molar-refractivity contribution < 1.29 is 22.7 Å². The van der Waals surface area contributed by atoms with Gasteiger partial charge in [-0.15, -0.1) is 4.83 Å². The van der Waals surface area contributed by atoms with E-state index in [1.165, 1.54) is 18.2 Å². The third kappa shape index (κ3) is 3.55. The molecule has 0 bridgehead atoms. The van der Waals surface area contributed by atoms with Crippen LogP contribution in [-0.4, -0.2) is 27.0 Å². The summed E-state index contributed by atoms with van der Waals surface area (Å²) in [5.41, 5.74) is 2.05.